The Balaban J connectivity index is 1.24. The molecule has 6 aromatic rings. The number of aromatic nitrogens is 3. The van der Waals surface area contributed by atoms with E-state index >= 15 is 0 Å². The smallest absolute Gasteiger partial charge is 0.138 e. The van der Waals surface area contributed by atoms with Gasteiger partial charge in [0, 0.05) is 46.1 Å². The second kappa shape index (κ2) is 9.83. The van der Waals surface area contributed by atoms with E-state index < -0.39 is 0 Å². The van der Waals surface area contributed by atoms with Crippen LogP contribution in [0.4, 0.5) is 5.69 Å². The van der Waals surface area contributed by atoms with Crippen LogP contribution in [0.3, 0.4) is 0 Å². The largest absolute Gasteiger partial charge is 0.306 e. The number of fused-ring (bicyclic) bond motifs is 5. The summed E-state index contributed by atoms with van der Waals surface area (Å²) in [5, 5.41) is 1.12. The lowest BCUT2D eigenvalue weighted by Gasteiger charge is -2.26. The summed E-state index contributed by atoms with van der Waals surface area (Å²) < 4.78 is 2.09. The molecule has 0 spiro atoms. The summed E-state index contributed by atoms with van der Waals surface area (Å²) >= 11 is 0. The second-order valence-corrected chi connectivity index (χ2v) is 10.9. The summed E-state index contributed by atoms with van der Waals surface area (Å²) in [5.74, 6) is 0.398. The minimum atomic E-state index is 0.398. The van der Waals surface area contributed by atoms with Gasteiger partial charge < -0.3 is 4.40 Å². The molecule has 3 aromatic carbocycles. The number of imidazole rings is 1. The first kappa shape index (κ1) is 23.8. The van der Waals surface area contributed by atoms with Crippen molar-refractivity contribution in [3.63, 3.8) is 0 Å². The van der Waals surface area contributed by atoms with E-state index in [1.807, 2.05) is 18.2 Å². The molecule has 4 heterocycles. The van der Waals surface area contributed by atoms with Crippen molar-refractivity contribution in [3.8, 4) is 33.6 Å². The summed E-state index contributed by atoms with van der Waals surface area (Å²) in [6.07, 6.45) is 16.0. The Kier molecular flexibility index (Phi) is 5.70. The number of rotatable bonds is 3. The third kappa shape index (κ3) is 4.29. The van der Waals surface area contributed by atoms with Crippen molar-refractivity contribution < 1.29 is 0 Å². The molecule has 0 saturated carbocycles. The van der Waals surface area contributed by atoms with E-state index in [1.165, 1.54) is 11.3 Å². The van der Waals surface area contributed by atoms with Gasteiger partial charge in [0.05, 0.1) is 22.6 Å². The molecule has 2 aliphatic rings. The van der Waals surface area contributed by atoms with Crippen molar-refractivity contribution in [2.75, 3.05) is 0 Å². The Morgan fingerprint density at radius 2 is 1.56 bits per heavy atom. The maximum absolute atomic E-state index is 5.27. The van der Waals surface area contributed by atoms with Crippen LogP contribution >= 0.6 is 0 Å². The van der Waals surface area contributed by atoms with Gasteiger partial charge in [0.25, 0.3) is 0 Å². The van der Waals surface area contributed by atoms with Crippen LogP contribution in [0.25, 0.3) is 50.2 Å². The molecule has 4 heteroatoms. The van der Waals surface area contributed by atoms with Crippen LogP contribution in [-0.2, 0) is 6.42 Å². The molecule has 41 heavy (non-hydrogen) atoms. The number of hydrogen-bond acceptors (Lipinski definition) is 3. The number of aliphatic imine (C=N–C) groups is 1. The first-order valence-corrected chi connectivity index (χ1v) is 14.3. The minimum Gasteiger partial charge on any atom is -0.306 e. The normalized spacial score (nSPS) is 17.8. The number of hydrogen-bond donors (Lipinski definition) is 0. The van der Waals surface area contributed by atoms with E-state index in [0.29, 0.717) is 5.92 Å². The Morgan fingerprint density at radius 1 is 0.732 bits per heavy atom. The Labute approximate surface area is 239 Å². The zero-order chi connectivity index (χ0) is 27.2. The summed E-state index contributed by atoms with van der Waals surface area (Å²) in [7, 11) is 0. The zero-order valence-corrected chi connectivity index (χ0v) is 22.6. The lowest BCUT2D eigenvalue weighted by atomic mass is 9.83. The summed E-state index contributed by atoms with van der Waals surface area (Å²) in [6.45, 7) is 0. The van der Waals surface area contributed by atoms with Gasteiger partial charge in [-0.15, -0.1) is 0 Å². The average Bonchev–Trinajstić information content (AvgIpc) is 3.45. The van der Waals surface area contributed by atoms with Crippen LogP contribution in [0, 0.1) is 5.92 Å². The minimum absolute atomic E-state index is 0.398. The quantitative estimate of drug-likeness (QED) is 0.230. The number of allylic oxidation sites excluding steroid dienone is 4. The highest BCUT2D eigenvalue weighted by Gasteiger charge is 2.27. The maximum atomic E-state index is 5.27. The highest BCUT2D eigenvalue weighted by atomic mass is 15.0. The predicted octanol–water partition coefficient (Wildman–Crippen LogP) is 9.03. The molecule has 1 aliphatic carbocycles. The van der Waals surface area contributed by atoms with Crippen molar-refractivity contribution in [3.05, 3.63) is 133 Å². The highest BCUT2D eigenvalue weighted by Crippen LogP contribution is 2.42. The van der Waals surface area contributed by atoms with Gasteiger partial charge in [-0.05, 0) is 60.7 Å². The van der Waals surface area contributed by atoms with Crippen molar-refractivity contribution in [2.24, 2.45) is 10.9 Å². The van der Waals surface area contributed by atoms with E-state index in [0.717, 1.165) is 75.1 Å². The van der Waals surface area contributed by atoms with E-state index in [2.05, 4.69) is 114 Å². The molecule has 8 rings (SSSR count). The topological polar surface area (TPSA) is 42.5 Å². The lowest BCUT2D eigenvalue weighted by molar-refractivity contribution is 0.624. The molecule has 4 nitrogen and oxygen atoms in total. The van der Waals surface area contributed by atoms with Gasteiger partial charge in [0.15, 0.2) is 0 Å². The molecule has 3 aromatic heterocycles. The molecule has 0 saturated heterocycles. The third-order valence-electron chi connectivity index (χ3n) is 8.27. The van der Waals surface area contributed by atoms with Crippen LogP contribution in [0.15, 0.2) is 133 Å². The molecule has 1 unspecified atom stereocenters. The Hall–Kier alpha value is -5.09. The van der Waals surface area contributed by atoms with E-state index in [-0.39, 0.29) is 0 Å². The predicted molar refractivity (Wildman–Crippen MR) is 169 cm³/mol. The summed E-state index contributed by atoms with van der Waals surface area (Å²) in [4.78, 5) is 15.4. The standard InChI is InChI=1S/C37H28N4/c1-2-7-17-32-28(13-4-1)22-31-36(40-33-18-9-8-16-30(33)37(31)39-32)29-15-10-14-26(21-29)27-19-20-41-24-34(38-35(41)23-27)25-11-5-3-6-12-25/h1-3,5-12,14-21,23-24,28H,4,13,22H2/b2-1-,17-7-. The van der Waals surface area contributed by atoms with Crippen molar-refractivity contribution >= 4 is 27.9 Å². The molecular formula is C37H28N4. The molecule has 1 atom stereocenters. The Morgan fingerprint density at radius 3 is 2.51 bits per heavy atom. The molecule has 0 N–H and O–H groups in total. The van der Waals surface area contributed by atoms with Crippen molar-refractivity contribution in [2.45, 2.75) is 19.3 Å². The first-order chi connectivity index (χ1) is 20.3. The van der Waals surface area contributed by atoms with Gasteiger partial charge in [-0.2, -0.15) is 0 Å². The van der Waals surface area contributed by atoms with Crippen LogP contribution < -0.4 is 0 Å². The summed E-state index contributed by atoms with van der Waals surface area (Å²) in [5.41, 5.74) is 12.0. The number of para-hydroxylation sites is 1. The number of pyridine rings is 2. The third-order valence-corrected chi connectivity index (χ3v) is 8.27. The average molecular weight is 529 g/mol. The number of benzene rings is 3. The second-order valence-electron chi connectivity index (χ2n) is 10.9. The summed E-state index contributed by atoms with van der Waals surface area (Å²) in [6, 6.07) is 31.8. The van der Waals surface area contributed by atoms with Gasteiger partial charge in [-0.25, -0.2) is 9.97 Å². The van der Waals surface area contributed by atoms with Gasteiger partial charge in [0.1, 0.15) is 5.65 Å². The van der Waals surface area contributed by atoms with Crippen LogP contribution in [0.5, 0.6) is 0 Å². The van der Waals surface area contributed by atoms with Crippen LogP contribution in [0.2, 0.25) is 0 Å². The van der Waals surface area contributed by atoms with E-state index in [9.17, 15) is 0 Å². The zero-order valence-electron chi connectivity index (χ0n) is 22.6. The van der Waals surface area contributed by atoms with Crippen LogP contribution in [-0.4, -0.2) is 20.1 Å². The van der Waals surface area contributed by atoms with Gasteiger partial charge >= 0.3 is 0 Å². The molecule has 196 valence electrons. The van der Waals surface area contributed by atoms with Gasteiger partial charge in [0.2, 0.25) is 0 Å². The van der Waals surface area contributed by atoms with Gasteiger partial charge in [-0.3, -0.25) is 4.99 Å². The molecule has 0 fully saturated rings. The fourth-order valence-electron chi connectivity index (χ4n) is 6.17. The SMILES string of the molecule is C1=C\CCC2Cc3c(-c4cccc(-c5ccn6cc(-c7ccccc7)nc6c5)c4)nc4ccccc4c3N=C2\C=C/1. The van der Waals surface area contributed by atoms with Gasteiger partial charge in [-0.1, -0.05) is 85.0 Å². The fourth-order valence-corrected chi connectivity index (χ4v) is 6.17. The molecule has 0 radical (unpaired) electrons. The Bertz CT molecular complexity index is 2030. The lowest BCUT2D eigenvalue weighted by Crippen LogP contribution is -2.20. The first-order valence-electron chi connectivity index (χ1n) is 14.3. The van der Waals surface area contributed by atoms with E-state index in [1.54, 1.807) is 0 Å². The van der Waals surface area contributed by atoms with Crippen molar-refractivity contribution in [1.82, 2.24) is 14.4 Å². The highest BCUT2D eigenvalue weighted by molar-refractivity contribution is 6.06. The fraction of sp³-hybridized carbons (Fsp3) is 0.108. The van der Waals surface area contributed by atoms with Crippen molar-refractivity contribution in [1.29, 1.82) is 0 Å². The molecule has 0 amide bonds. The van der Waals surface area contributed by atoms with E-state index in [4.69, 9.17) is 15.0 Å². The molecule has 1 aliphatic heterocycles. The molecule has 0 bridgehead atoms. The van der Waals surface area contributed by atoms with Crippen LogP contribution in [0.1, 0.15) is 18.4 Å². The number of nitrogens with zero attached hydrogens (tertiary/aromatic N) is 4. The monoisotopic (exact) mass is 528 g/mol. The molecular weight excluding hydrogens is 500 g/mol. The maximum Gasteiger partial charge on any atom is 0.138 e.